The number of para-hydroxylation sites is 1. The number of nitrogens with zero attached hydrogens (tertiary/aromatic N) is 1. The number of carbonyl (C=O) groups excluding carboxylic acids is 1. The molecular formula is C20H16N2O2. The van der Waals surface area contributed by atoms with Gasteiger partial charge in [-0.1, -0.05) is 37.3 Å². The third-order valence-corrected chi connectivity index (χ3v) is 3.97. The lowest BCUT2D eigenvalue weighted by molar-refractivity contribution is 0.104. The first-order valence-corrected chi connectivity index (χ1v) is 7.68. The molecule has 24 heavy (non-hydrogen) atoms. The Hall–Kier alpha value is -3.32. The van der Waals surface area contributed by atoms with Crippen LogP contribution in [0.4, 0.5) is 0 Å². The number of H-pyrrole nitrogens is 1. The molecule has 1 aromatic heterocycles. The molecule has 0 aliphatic rings. The summed E-state index contributed by atoms with van der Waals surface area (Å²) < 4.78 is 0. The first-order chi connectivity index (χ1) is 11.6. The van der Waals surface area contributed by atoms with Crippen LogP contribution in [0.1, 0.15) is 28.4 Å². The van der Waals surface area contributed by atoms with Crippen molar-refractivity contribution in [2.45, 2.75) is 13.3 Å². The molecule has 0 fully saturated rings. The summed E-state index contributed by atoms with van der Waals surface area (Å²) in [6, 6.07) is 14.2. The molecule has 0 saturated heterocycles. The molecule has 0 saturated carbocycles. The number of aromatic amines is 1. The molecule has 0 spiro atoms. The van der Waals surface area contributed by atoms with Crippen LogP contribution in [0.5, 0.6) is 5.75 Å². The van der Waals surface area contributed by atoms with E-state index in [-0.39, 0.29) is 17.1 Å². The highest BCUT2D eigenvalue weighted by Crippen LogP contribution is 2.25. The van der Waals surface area contributed by atoms with E-state index in [1.165, 1.54) is 18.2 Å². The van der Waals surface area contributed by atoms with E-state index in [9.17, 15) is 15.2 Å². The maximum Gasteiger partial charge on any atom is 0.205 e. The number of rotatable bonds is 4. The average Bonchev–Trinajstić information content (AvgIpc) is 3.03. The summed E-state index contributed by atoms with van der Waals surface area (Å²) in [5.41, 5.74) is 3.17. The van der Waals surface area contributed by atoms with E-state index >= 15 is 0 Å². The number of fused-ring (bicyclic) bond motifs is 1. The maximum absolute atomic E-state index is 12.8. The zero-order chi connectivity index (χ0) is 17.1. The zero-order valence-electron chi connectivity index (χ0n) is 13.2. The number of benzene rings is 2. The second-order valence-corrected chi connectivity index (χ2v) is 5.49. The molecule has 0 aliphatic carbocycles. The van der Waals surface area contributed by atoms with Gasteiger partial charge in [0.1, 0.15) is 17.4 Å². The number of allylic oxidation sites excluding steroid dienone is 1. The minimum absolute atomic E-state index is 0.0309. The summed E-state index contributed by atoms with van der Waals surface area (Å²) in [5, 5.41) is 19.7. The summed E-state index contributed by atoms with van der Waals surface area (Å²) in [6.45, 7) is 2.06. The Morgan fingerprint density at radius 2 is 2.08 bits per heavy atom. The first kappa shape index (κ1) is 15.6. The van der Waals surface area contributed by atoms with Gasteiger partial charge in [0.15, 0.2) is 0 Å². The molecule has 2 N–H and O–H groups in total. The predicted octanol–water partition coefficient (Wildman–Crippen LogP) is 4.23. The third kappa shape index (κ3) is 2.80. The van der Waals surface area contributed by atoms with Crippen molar-refractivity contribution in [2.75, 3.05) is 0 Å². The molecule has 0 amide bonds. The van der Waals surface area contributed by atoms with Gasteiger partial charge >= 0.3 is 0 Å². The number of aromatic hydroxyl groups is 1. The van der Waals surface area contributed by atoms with E-state index < -0.39 is 0 Å². The molecule has 118 valence electrons. The number of hydrogen-bond donors (Lipinski definition) is 2. The standard InChI is InChI=1S/C20H16N2O2/c1-2-14-6-4-8-17-18(12-22-19(14)17)20(24)15(11-21)9-13-5-3-7-16(23)10-13/h3-10,12,22-23H,2H2,1H3/b15-9+. The highest BCUT2D eigenvalue weighted by Gasteiger charge is 2.17. The number of nitriles is 1. The lowest BCUT2D eigenvalue weighted by Gasteiger charge is -2.01. The molecule has 0 radical (unpaired) electrons. The largest absolute Gasteiger partial charge is 0.508 e. The lowest BCUT2D eigenvalue weighted by atomic mass is 10.00. The highest BCUT2D eigenvalue weighted by molar-refractivity contribution is 6.20. The van der Waals surface area contributed by atoms with Crippen LogP contribution in [0, 0.1) is 11.3 Å². The fourth-order valence-electron chi connectivity index (χ4n) is 2.77. The maximum atomic E-state index is 12.8. The molecular weight excluding hydrogens is 300 g/mol. The number of nitrogens with one attached hydrogen (secondary N) is 1. The van der Waals surface area contributed by atoms with Gasteiger partial charge in [-0.25, -0.2) is 0 Å². The van der Waals surface area contributed by atoms with Crippen molar-refractivity contribution in [1.29, 1.82) is 5.26 Å². The summed E-state index contributed by atoms with van der Waals surface area (Å²) in [4.78, 5) is 15.9. The lowest BCUT2D eigenvalue weighted by Crippen LogP contribution is -2.01. The van der Waals surface area contributed by atoms with E-state index in [0.717, 1.165) is 22.9 Å². The Balaban J connectivity index is 2.06. The van der Waals surface area contributed by atoms with Crippen molar-refractivity contribution in [3.05, 3.63) is 70.9 Å². The number of aromatic nitrogens is 1. The van der Waals surface area contributed by atoms with Gasteiger partial charge in [0.05, 0.1) is 0 Å². The van der Waals surface area contributed by atoms with Gasteiger partial charge < -0.3 is 10.1 Å². The summed E-state index contributed by atoms with van der Waals surface area (Å²) in [7, 11) is 0. The average molecular weight is 316 g/mol. The van der Waals surface area contributed by atoms with Crippen molar-refractivity contribution < 1.29 is 9.90 Å². The third-order valence-electron chi connectivity index (χ3n) is 3.97. The number of carbonyl (C=O) groups is 1. The number of Topliss-reactive ketones (excluding diaryl/α,β-unsaturated/α-hetero) is 1. The molecule has 3 aromatic rings. The van der Waals surface area contributed by atoms with Crippen molar-refractivity contribution in [3.63, 3.8) is 0 Å². The normalized spacial score (nSPS) is 11.4. The van der Waals surface area contributed by atoms with Gasteiger partial charge in [0.25, 0.3) is 0 Å². The molecule has 4 nitrogen and oxygen atoms in total. The highest BCUT2D eigenvalue weighted by atomic mass is 16.3. The number of aryl methyl sites for hydroxylation is 1. The summed E-state index contributed by atoms with van der Waals surface area (Å²) in [6.07, 6.45) is 4.00. The van der Waals surface area contributed by atoms with Crippen molar-refractivity contribution in [1.82, 2.24) is 4.98 Å². The van der Waals surface area contributed by atoms with Crippen LogP contribution in [0.15, 0.2) is 54.2 Å². The topological polar surface area (TPSA) is 76.9 Å². The van der Waals surface area contributed by atoms with Crippen molar-refractivity contribution in [2.24, 2.45) is 0 Å². The molecule has 0 unspecified atom stereocenters. The molecule has 2 aromatic carbocycles. The Labute approximate surface area is 139 Å². The van der Waals surface area contributed by atoms with E-state index in [0.29, 0.717) is 11.1 Å². The van der Waals surface area contributed by atoms with Crippen molar-refractivity contribution >= 4 is 22.8 Å². The van der Waals surface area contributed by atoms with Crippen LogP contribution in [0.2, 0.25) is 0 Å². The van der Waals surface area contributed by atoms with Gasteiger partial charge in [-0.15, -0.1) is 0 Å². The Kier molecular flexibility index (Phi) is 4.17. The second kappa shape index (κ2) is 6.43. The minimum Gasteiger partial charge on any atom is -0.508 e. The van der Waals surface area contributed by atoms with Crippen LogP contribution in [0.25, 0.3) is 17.0 Å². The van der Waals surface area contributed by atoms with Gasteiger partial charge in [0, 0.05) is 22.7 Å². The number of ketones is 1. The Morgan fingerprint density at radius 3 is 2.79 bits per heavy atom. The minimum atomic E-state index is -0.333. The number of phenolic OH excluding ortho intramolecular Hbond substituents is 1. The van der Waals surface area contributed by atoms with Crippen LogP contribution >= 0.6 is 0 Å². The summed E-state index contributed by atoms with van der Waals surface area (Å²) >= 11 is 0. The van der Waals surface area contributed by atoms with Crippen LogP contribution in [-0.2, 0) is 6.42 Å². The predicted molar refractivity (Wildman–Crippen MR) is 93.7 cm³/mol. The van der Waals surface area contributed by atoms with Gasteiger partial charge in [-0.3, -0.25) is 4.79 Å². The molecule has 0 aliphatic heterocycles. The van der Waals surface area contributed by atoms with Gasteiger partial charge in [-0.05, 0) is 35.8 Å². The first-order valence-electron chi connectivity index (χ1n) is 7.68. The van der Waals surface area contributed by atoms with Crippen molar-refractivity contribution in [3.8, 4) is 11.8 Å². The van der Waals surface area contributed by atoms with E-state index in [1.807, 2.05) is 24.3 Å². The van der Waals surface area contributed by atoms with Crippen LogP contribution in [0.3, 0.4) is 0 Å². The zero-order valence-corrected chi connectivity index (χ0v) is 13.2. The quantitative estimate of drug-likeness (QED) is 0.429. The van der Waals surface area contributed by atoms with Crippen LogP contribution < -0.4 is 0 Å². The Bertz CT molecular complexity index is 990. The number of hydrogen-bond acceptors (Lipinski definition) is 3. The van der Waals surface area contributed by atoms with E-state index in [1.54, 1.807) is 18.3 Å². The SMILES string of the molecule is CCc1cccc2c(C(=O)/C(C#N)=C/c3cccc(O)c3)c[nH]c12. The van der Waals surface area contributed by atoms with Crippen LogP contribution in [-0.4, -0.2) is 15.9 Å². The van der Waals surface area contributed by atoms with Gasteiger partial charge in [-0.2, -0.15) is 5.26 Å². The van der Waals surface area contributed by atoms with E-state index in [4.69, 9.17) is 0 Å². The fourth-order valence-corrected chi connectivity index (χ4v) is 2.77. The Morgan fingerprint density at radius 1 is 1.29 bits per heavy atom. The number of phenols is 1. The molecule has 0 atom stereocenters. The second-order valence-electron chi connectivity index (χ2n) is 5.49. The molecule has 3 rings (SSSR count). The monoisotopic (exact) mass is 316 g/mol. The van der Waals surface area contributed by atoms with Gasteiger partial charge in [0.2, 0.25) is 5.78 Å². The molecule has 0 bridgehead atoms. The molecule has 1 heterocycles. The van der Waals surface area contributed by atoms with E-state index in [2.05, 4.69) is 11.9 Å². The fraction of sp³-hybridized carbons (Fsp3) is 0.100. The smallest absolute Gasteiger partial charge is 0.205 e. The summed E-state index contributed by atoms with van der Waals surface area (Å²) in [5.74, 6) is -0.242. The molecule has 4 heteroatoms.